The number of nitrogens with two attached hydrogens (primary N) is 1. The van der Waals surface area contributed by atoms with E-state index in [0.29, 0.717) is 5.76 Å². The monoisotopic (exact) mass is 249 g/mol. The third kappa shape index (κ3) is 2.10. The fourth-order valence-corrected chi connectivity index (χ4v) is 1.56. The van der Waals surface area contributed by atoms with Crippen molar-refractivity contribution in [3.8, 4) is 11.6 Å². The van der Waals surface area contributed by atoms with Gasteiger partial charge in [0.1, 0.15) is 5.82 Å². The number of hydrogen-bond donors (Lipinski definition) is 3. The van der Waals surface area contributed by atoms with Gasteiger partial charge in [-0.2, -0.15) is 0 Å². The molecule has 0 atom stereocenters. The van der Waals surface area contributed by atoms with Gasteiger partial charge in [0.15, 0.2) is 11.6 Å². The number of hydrogen-bond acceptors (Lipinski definition) is 5. The maximum absolute atomic E-state index is 11.7. The molecule has 0 aliphatic carbocycles. The molecular weight excluding hydrogens is 238 g/mol. The molecule has 0 saturated heterocycles. The highest BCUT2D eigenvalue weighted by molar-refractivity contribution is 5.72. The Hall–Kier alpha value is -2.57. The first kappa shape index (κ1) is 11.9. The van der Waals surface area contributed by atoms with Crippen molar-refractivity contribution < 1.29 is 14.3 Å². The molecule has 4 N–H and O–H groups in total. The summed E-state index contributed by atoms with van der Waals surface area (Å²) in [5, 5.41) is 8.66. The minimum atomic E-state index is -1.14. The fourth-order valence-electron chi connectivity index (χ4n) is 1.56. The zero-order chi connectivity index (χ0) is 13.3. The Morgan fingerprint density at radius 1 is 1.61 bits per heavy atom. The van der Waals surface area contributed by atoms with Gasteiger partial charge in [-0.1, -0.05) is 0 Å². The van der Waals surface area contributed by atoms with Crippen LogP contribution in [0.3, 0.4) is 0 Å². The second kappa shape index (κ2) is 4.36. The highest BCUT2D eigenvalue weighted by Gasteiger charge is 2.15. The zero-order valence-corrected chi connectivity index (χ0v) is 9.56. The smallest absolute Gasteiger partial charge is 0.308 e. The Labute approximate surface area is 101 Å². The first-order chi connectivity index (χ1) is 8.49. The third-order valence-electron chi connectivity index (χ3n) is 2.45. The van der Waals surface area contributed by atoms with E-state index in [1.54, 1.807) is 13.0 Å². The lowest BCUT2D eigenvalue weighted by molar-refractivity contribution is -0.136. The van der Waals surface area contributed by atoms with Gasteiger partial charge < -0.3 is 20.2 Å². The number of aromatic amines is 1. The van der Waals surface area contributed by atoms with Crippen LogP contribution in [-0.4, -0.2) is 21.0 Å². The van der Waals surface area contributed by atoms with Crippen LogP contribution in [0.25, 0.3) is 11.6 Å². The van der Waals surface area contributed by atoms with E-state index in [0.717, 1.165) is 5.56 Å². The lowest BCUT2D eigenvalue weighted by Crippen LogP contribution is -2.21. The number of anilines is 1. The molecule has 0 bridgehead atoms. The number of nitrogen functional groups attached to an aromatic ring is 1. The van der Waals surface area contributed by atoms with Crippen LogP contribution in [0.15, 0.2) is 21.5 Å². The van der Waals surface area contributed by atoms with Crippen molar-refractivity contribution in [1.82, 2.24) is 9.97 Å². The van der Waals surface area contributed by atoms with E-state index in [2.05, 4.69) is 9.97 Å². The Balaban J connectivity index is 2.53. The van der Waals surface area contributed by atoms with E-state index in [-0.39, 0.29) is 17.2 Å². The molecule has 94 valence electrons. The average molecular weight is 249 g/mol. The molecule has 0 saturated carbocycles. The number of aliphatic carboxylic acids is 1. The summed E-state index contributed by atoms with van der Waals surface area (Å²) in [6.07, 6.45) is 0.998. The maximum atomic E-state index is 11.7. The zero-order valence-electron chi connectivity index (χ0n) is 9.56. The lowest BCUT2D eigenvalue weighted by Gasteiger charge is -2.04. The summed E-state index contributed by atoms with van der Waals surface area (Å²) >= 11 is 0. The minimum absolute atomic E-state index is 0.0598. The van der Waals surface area contributed by atoms with Crippen molar-refractivity contribution >= 4 is 11.8 Å². The molecule has 2 rings (SSSR count). The Morgan fingerprint density at radius 3 is 2.83 bits per heavy atom. The Morgan fingerprint density at radius 2 is 2.33 bits per heavy atom. The van der Waals surface area contributed by atoms with Gasteiger partial charge in [0, 0.05) is 0 Å². The number of nitrogens with zero attached hydrogens (tertiary/aromatic N) is 1. The van der Waals surface area contributed by atoms with Crippen LogP contribution < -0.4 is 11.3 Å². The van der Waals surface area contributed by atoms with Crippen LogP contribution in [0.5, 0.6) is 0 Å². The van der Waals surface area contributed by atoms with Crippen LogP contribution in [0.2, 0.25) is 0 Å². The van der Waals surface area contributed by atoms with E-state index in [4.69, 9.17) is 15.3 Å². The molecule has 0 aliphatic rings. The highest BCUT2D eigenvalue weighted by atomic mass is 16.4. The SMILES string of the molecule is Cc1ccoc1-c1nc(N)c(CC(=O)O)c(=O)[nH]1. The second-order valence-corrected chi connectivity index (χ2v) is 3.78. The van der Waals surface area contributed by atoms with Crippen molar-refractivity contribution in [3.63, 3.8) is 0 Å². The number of H-pyrrole nitrogens is 1. The minimum Gasteiger partial charge on any atom is -0.481 e. The molecular formula is C11H11N3O4. The average Bonchev–Trinajstić information content (AvgIpc) is 2.69. The van der Waals surface area contributed by atoms with Crippen molar-refractivity contribution in [2.75, 3.05) is 5.73 Å². The predicted octanol–water partition coefficient (Wildman–Crippen LogP) is 0.548. The summed E-state index contributed by atoms with van der Waals surface area (Å²) in [5.41, 5.74) is 5.75. The van der Waals surface area contributed by atoms with Gasteiger partial charge in [0.05, 0.1) is 18.2 Å². The van der Waals surface area contributed by atoms with Gasteiger partial charge >= 0.3 is 5.97 Å². The van der Waals surface area contributed by atoms with Crippen molar-refractivity contribution in [1.29, 1.82) is 0 Å². The van der Waals surface area contributed by atoms with Crippen LogP contribution in [0.4, 0.5) is 5.82 Å². The number of nitrogens with one attached hydrogen (secondary N) is 1. The highest BCUT2D eigenvalue weighted by Crippen LogP contribution is 2.20. The molecule has 2 heterocycles. The van der Waals surface area contributed by atoms with Crippen molar-refractivity contribution in [2.45, 2.75) is 13.3 Å². The molecule has 2 aromatic rings. The molecule has 2 aromatic heterocycles. The number of aryl methyl sites for hydroxylation is 1. The van der Waals surface area contributed by atoms with E-state index in [1.807, 2.05) is 0 Å². The Bertz CT molecular complexity index is 657. The lowest BCUT2D eigenvalue weighted by atomic mass is 10.2. The van der Waals surface area contributed by atoms with Crippen LogP contribution in [0, 0.1) is 6.92 Å². The van der Waals surface area contributed by atoms with Crippen molar-refractivity contribution in [2.24, 2.45) is 0 Å². The molecule has 0 radical (unpaired) electrons. The quantitative estimate of drug-likeness (QED) is 0.730. The topological polar surface area (TPSA) is 122 Å². The summed E-state index contributed by atoms with van der Waals surface area (Å²) in [7, 11) is 0. The van der Waals surface area contributed by atoms with Gasteiger partial charge in [-0.3, -0.25) is 9.59 Å². The largest absolute Gasteiger partial charge is 0.481 e. The summed E-state index contributed by atoms with van der Waals surface area (Å²) in [5.74, 6) is -0.655. The summed E-state index contributed by atoms with van der Waals surface area (Å²) < 4.78 is 5.18. The van der Waals surface area contributed by atoms with Gasteiger partial charge in [-0.05, 0) is 18.6 Å². The first-order valence-corrected chi connectivity index (χ1v) is 5.14. The molecule has 18 heavy (non-hydrogen) atoms. The predicted molar refractivity (Wildman–Crippen MR) is 63.0 cm³/mol. The summed E-state index contributed by atoms with van der Waals surface area (Å²) in [6.45, 7) is 1.79. The van der Waals surface area contributed by atoms with E-state index in [9.17, 15) is 9.59 Å². The van der Waals surface area contributed by atoms with E-state index in [1.165, 1.54) is 6.26 Å². The van der Waals surface area contributed by atoms with Gasteiger partial charge in [0.2, 0.25) is 0 Å². The number of carboxylic acids is 1. The first-order valence-electron chi connectivity index (χ1n) is 5.14. The second-order valence-electron chi connectivity index (χ2n) is 3.78. The van der Waals surface area contributed by atoms with Crippen molar-refractivity contribution in [3.05, 3.63) is 33.8 Å². The number of furan rings is 1. The molecule has 0 amide bonds. The third-order valence-corrected chi connectivity index (χ3v) is 2.45. The fraction of sp³-hybridized carbons (Fsp3) is 0.182. The van der Waals surface area contributed by atoms with E-state index >= 15 is 0 Å². The normalized spacial score (nSPS) is 10.5. The number of carbonyl (C=O) groups is 1. The van der Waals surface area contributed by atoms with Gasteiger partial charge in [-0.15, -0.1) is 0 Å². The number of carboxylic acid groups (broad SMARTS) is 1. The molecule has 0 aliphatic heterocycles. The number of aromatic nitrogens is 2. The summed E-state index contributed by atoms with van der Waals surface area (Å²) in [4.78, 5) is 28.7. The van der Waals surface area contributed by atoms with Crippen LogP contribution in [-0.2, 0) is 11.2 Å². The molecule has 0 unspecified atom stereocenters. The van der Waals surface area contributed by atoms with Crippen LogP contribution >= 0.6 is 0 Å². The summed E-state index contributed by atoms with van der Waals surface area (Å²) in [6, 6.07) is 1.72. The number of rotatable bonds is 3. The van der Waals surface area contributed by atoms with Crippen LogP contribution in [0.1, 0.15) is 11.1 Å². The maximum Gasteiger partial charge on any atom is 0.308 e. The molecule has 0 fully saturated rings. The van der Waals surface area contributed by atoms with E-state index < -0.39 is 17.9 Å². The molecule has 7 heteroatoms. The Kier molecular flexibility index (Phi) is 2.88. The van der Waals surface area contributed by atoms with Gasteiger partial charge in [0.25, 0.3) is 5.56 Å². The standard InChI is InChI=1S/C11H11N3O4/c1-5-2-3-18-8(5)10-13-9(12)6(4-7(15)16)11(17)14-10/h2-3H,4H2,1H3,(H,15,16)(H3,12,13,14,17). The van der Waals surface area contributed by atoms with Gasteiger partial charge in [-0.25, -0.2) is 4.98 Å². The molecule has 7 nitrogen and oxygen atoms in total. The molecule has 0 aromatic carbocycles. The molecule has 0 spiro atoms.